The van der Waals surface area contributed by atoms with Gasteiger partial charge in [-0.15, -0.1) is 0 Å². The predicted octanol–water partition coefficient (Wildman–Crippen LogP) is 2.61. The van der Waals surface area contributed by atoms with Gasteiger partial charge >= 0.3 is 0 Å². The van der Waals surface area contributed by atoms with E-state index in [1.807, 2.05) is 30.7 Å². The van der Waals surface area contributed by atoms with Crippen molar-refractivity contribution in [1.29, 1.82) is 0 Å². The summed E-state index contributed by atoms with van der Waals surface area (Å²) in [7, 11) is 0. The van der Waals surface area contributed by atoms with Crippen LogP contribution < -0.4 is 10.2 Å². The van der Waals surface area contributed by atoms with Crippen LogP contribution in [0.3, 0.4) is 0 Å². The number of nitrogens with one attached hydrogen (secondary N) is 1. The van der Waals surface area contributed by atoms with Crippen LogP contribution in [0.15, 0.2) is 42.9 Å². The molecule has 4 nitrogen and oxygen atoms in total. The van der Waals surface area contributed by atoms with Gasteiger partial charge in [-0.3, -0.25) is 9.97 Å². The van der Waals surface area contributed by atoms with E-state index in [1.54, 1.807) is 0 Å². The van der Waals surface area contributed by atoms with Gasteiger partial charge in [0.1, 0.15) is 0 Å². The van der Waals surface area contributed by atoms with Crippen molar-refractivity contribution in [1.82, 2.24) is 15.3 Å². The summed E-state index contributed by atoms with van der Waals surface area (Å²) in [6.45, 7) is 7.85. The summed E-state index contributed by atoms with van der Waals surface area (Å²) in [5, 5.41) is 3.38. The summed E-state index contributed by atoms with van der Waals surface area (Å²) in [5.41, 5.74) is 3.54. The molecule has 1 N–H and O–H groups in total. The van der Waals surface area contributed by atoms with Gasteiger partial charge in [0.2, 0.25) is 0 Å². The van der Waals surface area contributed by atoms with Gasteiger partial charge in [0, 0.05) is 25.5 Å². The molecule has 0 atom stereocenters. The van der Waals surface area contributed by atoms with Crippen molar-refractivity contribution in [2.45, 2.75) is 26.9 Å². The number of pyridine rings is 2. The van der Waals surface area contributed by atoms with Crippen molar-refractivity contribution in [3.8, 4) is 0 Å². The van der Waals surface area contributed by atoms with Crippen molar-refractivity contribution in [3.63, 3.8) is 0 Å². The van der Waals surface area contributed by atoms with Gasteiger partial charge in [0.15, 0.2) is 0 Å². The maximum absolute atomic E-state index is 4.41. The molecule has 0 aliphatic heterocycles. The summed E-state index contributed by atoms with van der Waals surface area (Å²) in [6.07, 6.45) is 5.63. The monoisotopic (exact) mass is 270 g/mol. The van der Waals surface area contributed by atoms with Crippen molar-refractivity contribution < 1.29 is 0 Å². The highest BCUT2D eigenvalue weighted by atomic mass is 15.1. The Morgan fingerprint density at radius 3 is 2.75 bits per heavy atom. The molecule has 0 aliphatic rings. The third-order valence-electron chi connectivity index (χ3n) is 3.25. The standard InChI is InChI=1S/C16H22N4/c1-3-17-11-14-8-10-18-12-16(14)20(4-2)13-15-7-5-6-9-19-15/h5-10,12,17H,3-4,11,13H2,1-2H3. The molecule has 0 spiro atoms. The zero-order valence-electron chi connectivity index (χ0n) is 12.2. The maximum Gasteiger partial charge on any atom is 0.0602 e. The van der Waals surface area contributed by atoms with Crippen LogP contribution in [0.2, 0.25) is 0 Å². The zero-order valence-corrected chi connectivity index (χ0v) is 12.2. The molecule has 0 fully saturated rings. The van der Waals surface area contributed by atoms with Crippen LogP contribution >= 0.6 is 0 Å². The molecule has 2 heterocycles. The van der Waals surface area contributed by atoms with E-state index in [0.717, 1.165) is 31.9 Å². The molecule has 20 heavy (non-hydrogen) atoms. The molecular formula is C16H22N4. The minimum absolute atomic E-state index is 0.808. The molecule has 0 radical (unpaired) electrons. The van der Waals surface area contributed by atoms with Gasteiger partial charge in [0.25, 0.3) is 0 Å². The van der Waals surface area contributed by atoms with Crippen LogP contribution in [0.1, 0.15) is 25.1 Å². The number of anilines is 1. The molecule has 0 aromatic carbocycles. The van der Waals surface area contributed by atoms with E-state index in [-0.39, 0.29) is 0 Å². The fourth-order valence-corrected chi connectivity index (χ4v) is 2.16. The number of rotatable bonds is 7. The van der Waals surface area contributed by atoms with E-state index in [2.05, 4.69) is 46.2 Å². The fourth-order valence-electron chi connectivity index (χ4n) is 2.16. The smallest absolute Gasteiger partial charge is 0.0602 e. The number of hydrogen-bond acceptors (Lipinski definition) is 4. The van der Waals surface area contributed by atoms with Gasteiger partial charge in [-0.1, -0.05) is 13.0 Å². The summed E-state index contributed by atoms with van der Waals surface area (Å²) >= 11 is 0. The van der Waals surface area contributed by atoms with E-state index in [0.29, 0.717) is 0 Å². The lowest BCUT2D eigenvalue weighted by Crippen LogP contribution is -2.25. The average Bonchev–Trinajstić information content (AvgIpc) is 2.52. The molecule has 4 heteroatoms. The minimum atomic E-state index is 0.808. The van der Waals surface area contributed by atoms with Crippen LogP contribution in [0.5, 0.6) is 0 Å². The Balaban J connectivity index is 2.18. The lowest BCUT2D eigenvalue weighted by molar-refractivity contribution is 0.716. The van der Waals surface area contributed by atoms with Crippen molar-refractivity contribution in [2.75, 3.05) is 18.0 Å². The van der Waals surface area contributed by atoms with Gasteiger partial charge in [-0.05, 0) is 37.2 Å². The second-order valence-electron chi connectivity index (χ2n) is 4.62. The first-order chi connectivity index (χ1) is 9.85. The van der Waals surface area contributed by atoms with E-state index in [4.69, 9.17) is 0 Å². The van der Waals surface area contributed by atoms with E-state index in [9.17, 15) is 0 Å². The first-order valence-electron chi connectivity index (χ1n) is 7.13. The normalized spacial score (nSPS) is 10.5. The van der Waals surface area contributed by atoms with Crippen LogP contribution in [-0.4, -0.2) is 23.1 Å². The Kier molecular flexibility index (Phi) is 5.50. The molecule has 2 aromatic rings. The Morgan fingerprint density at radius 2 is 2.05 bits per heavy atom. The maximum atomic E-state index is 4.41. The highest BCUT2D eigenvalue weighted by molar-refractivity contribution is 5.51. The van der Waals surface area contributed by atoms with E-state index < -0.39 is 0 Å². The average molecular weight is 270 g/mol. The largest absolute Gasteiger partial charge is 0.364 e. The second-order valence-corrected chi connectivity index (χ2v) is 4.62. The van der Waals surface area contributed by atoms with E-state index in [1.165, 1.54) is 11.3 Å². The molecule has 106 valence electrons. The molecule has 0 bridgehead atoms. The summed E-state index contributed by atoms with van der Waals surface area (Å²) in [4.78, 5) is 11.0. The first kappa shape index (κ1) is 14.5. The topological polar surface area (TPSA) is 41.1 Å². The lowest BCUT2D eigenvalue weighted by Gasteiger charge is -2.25. The van der Waals surface area contributed by atoms with Crippen LogP contribution in [0.4, 0.5) is 5.69 Å². The highest BCUT2D eigenvalue weighted by Gasteiger charge is 2.10. The first-order valence-corrected chi connectivity index (χ1v) is 7.13. The van der Waals surface area contributed by atoms with Gasteiger partial charge in [-0.2, -0.15) is 0 Å². The third kappa shape index (κ3) is 3.78. The Hall–Kier alpha value is -1.94. The molecule has 0 saturated heterocycles. The molecule has 0 amide bonds. The number of hydrogen-bond donors (Lipinski definition) is 1. The SMILES string of the molecule is CCNCc1ccncc1N(CC)Cc1ccccn1. The zero-order chi connectivity index (χ0) is 14.2. The third-order valence-corrected chi connectivity index (χ3v) is 3.25. The van der Waals surface area contributed by atoms with Gasteiger partial charge in [-0.25, -0.2) is 0 Å². The second kappa shape index (κ2) is 7.60. The molecule has 0 saturated carbocycles. The minimum Gasteiger partial charge on any atom is -0.364 e. The lowest BCUT2D eigenvalue weighted by atomic mass is 10.2. The molecule has 2 aromatic heterocycles. The number of nitrogens with zero attached hydrogens (tertiary/aromatic N) is 3. The Bertz CT molecular complexity index is 513. The van der Waals surface area contributed by atoms with Crippen molar-refractivity contribution >= 4 is 5.69 Å². The van der Waals surface area contributed by atoms with E-state index >= 15 is 0 Å². The van der Waals surface area contributed by atoms with Gasteiger partial charge < -0.3 is 10.2 Å². The highest BCUT2D eigenvalue weighted by Crippen LogP contribution is 2.20. The summed E-state index contributed by atoms with van der Waals surface area (Å²) < 4.78 is 0. The number of aromatic nitrogens is 2. The quantitative estimate of drug-likeness (QED) is 0.839. The van der Waals surface area contributed by atoms with Crippen LogP contribution in [0, 0.1) is 0 Å². The molecular weight excluding hydrogens is 248 g/mol. The summed E-state index contributed by atoms with van der Waals surface area (Å²) in [5.74, 6) is 0. The molecule has 0 unspecified atom stereocenters. The van der Waals surface area contributed by atoms with Crippen LogP contribution in [-0.2, 0) is 13.1 Å². The molecule has 2 rings (SSSR count). The summed E-state index contributed by atoms with van der Waals surface area (Å²) in [6, 6.07) is 8.11. The van der Waals surface area contributed by atoms with Crippen LogP contribution in [0.25, 0.3) is 0 Å². The Morgan fingerprint density at radius 1 is 1.15 bits per heavy atom. The fraction of sp³-hybridized carbons (Fsp3) is 0.375. The molecule has 0 aliphatic carbocycles. The van der Waals surface area contributed by atoms with Crippen molar-refractivity contribution in [2.24, 2.45) is 0 Å². The predicted molar refractivity (Wildman–Crippen MR) is 82.6 cm³/mol. The Labute approximate surface area is 120 Å². The van der Waals surface area contributed by atoms with Gasteiger partial charge in [0.05, 0.1) is 24.1 Å². The van der Waals surface area contributed by atoms with Crippen molar-refractivity contribution in [3.05, 3.63) is 54.1 Å².